The maximum absolute atomic E-state index is 13.6. The van der Waals surface area contributed by atoms with Gasteiger partial charge in [0.1, 0.15) is 22.1 Å². The lowest BCUT2D eigenvalue weighted by Gasteiger charge is -2.15. The van der Waals surface area contributed by atoms with Crippen LogP contribution in [0.2, 0.25) is 0 Å². The number of sulfonamides is 1. The van der Waals surface area contributed by atoms with Gasteiger partial charge in [-0.2, -0.15) is 5.10 Å². The first-order valence-electron chi connectivity index (χ1n) is 7.14. The van der Waals surface area contributed by atoms with Gasteiger partial charge in [-0.3, -0.25) is 4.72 Å². The highest BCUT2D eigenvalue weighted by atomic mass is 32.2. The van der Waals surface area contributed by atoms with Gasteiger partial charge in [0, 0.05) is 12.4 Å². The lowest BCUT2D eigenvalue weighted by molar-refractivity contribution is 0.235. The number of aromatic nitrogens is 3. The summed E-state index contributed by atoms with van der Waals surface area (Å²) in [5.74, 6) is -0.604. The van der Waals surface area contributed by atoms with Gasteiger partial charge in [0.25, 0.3) is 10.0 Å². The van der Waals surface area contributed by atoms with E-state index in [4.69, 9.17) is 4.74 Å². The predicted molar refractivity (Wildman–Crippen MR) is 86.0 cm³/mol. The number of halogens is 1. The number of fused-ring (bicyclic) bond motifs is 1. The summed E-state index contributed by atoms with van der Waals surface area (Å²) in [5, 5.41) is 4.01. The zero-order chi connectivity index (χ0) is 17.3. The maximum atomic E-state index is 13.6. The Morgan fingerprint density at radius 2 is 2.12 bits per heavy atom. The quantitative estimate of drug-likeness (QED) is 0.764. The molecule has 0 amide bonds. The normalized spacial score (nSPS) is 11.8. The van der Waals surface area contributed by atoms with Gasteiger partial charge in [-0.25, -0.2) is 22.3 Å². The predicted octanol–water partition coefficient (Wildman–Crippen LogP) is 2.46. The maximum Gasteiger partial charge on any atom is 0.265 e. The van der Waals surface area contributed by atoms with Crippen LogP contribution in [-0.4, -0.2) is 29.1 Å². The van der Waals surface area contributed by atoms with Crippen LogP contribution in [-0.2, 0) is 10.0 Å². The molecule has 0 fully saturated rings. The summed E-state index contributed by atoms with van der Waals surface area (Å²) in [6.45, 7) is 3.50. The summed E-state index contributed by atoms with van der Waals surface area (Å²) >= 11 is 0. The molecule has 0 aliphatic rings. The van der Waals surface area contributed by atoms with Crippen LogP contribution in [0.4, 0.5) is 10.1 Å². The van der Waals surface area contributed by atoms with E-state index in [2.05, 4.69) is 14.8 Å². The molecule has 0 aliphatic heterocycles. The average molecular weight is 350 g/mol. The summed E-state index contributed by atoms with van der Waals surface area (Å²) in [7, 11) is -4.08. The molecule has 0 spiro atoms. The Balaban J connectivity index is 2.03. The van der Waals surface area contributed by atoms with Crippen LogP contribution in [0.25, 0.3) is 5.65 Å². The molecule has 126 valence electrons. The minimum absolute atomic E-state index is 0.0725. The molecular weight excluding hydrogens is 335 g/mol. The van der Waals surface area contributed by atoms with E-state index in [0.29, 0.717) is 5.65 Å². The molecule has 0 aliphatic carbocycles. The van der Waals surface area contributed by atoms with Crippen molar-refractivity contribution in [1.29, 1.82) is 0 Å². The zero-order valence-corrected chi connectivity index (χ0v) is 13.8. The fraction of sp³-hybridized carbons (Fsp3) is 0.200. The van der Waals surface area contributed by atoms with Crippen molar-refractivity contribution in [1.82, 2.24) is 14.6 Å². The molecule has 3 rings (SSSR count). The lowest BCUT2D eigenvalue weighted by Crippen LogP contribution is -2.16. The molecule has 0 atom stereocenters. The zero-order valence-electron chi connectivity index (χ0n) is 13.0. The van der Waals surface area contributed by atoms with Crippen LogP contribution in [0.5, 0.6) is 5.75 Å². The fourth-order valence-corrected chi connectivity index (χ4v) is 3.33. The van der Waals surface area contributed by atoms with Crippen molar-refractivity contribution < 1.29 is 17.5 Å². The van der Waals surface area contributed by atoms with E-state index in [-0.39, 0.29) is 22.4 Å². The molecule has 7 nitrogen and oxygen atoms in total. The Labute approximate surface area is 138 Å². The number of nitrogens with zero attached hydrogens (tertiary/aromatic N) is 3. The van der Waals surface area contributed by atoms with E-state index in [1.807, 2.05) is 0 Å². The summed E-state index contributed by atoms with van der Waals surface area (Å²) in [5.41, 5.74) is 0.527. The molecule has 2 heterocycles. The largest absolute Gasteiger partial charge is 0.490 e. The van der Waals surface area contributed by atoms with Crippen molar-refractivity contribution in [3.8, 4) is 5.75 Å². The number of anilines is 1. The molecule has 0 radical (unpaired) electrons. The number of ether oxygens (including phenoxy) is 1. The Kier molecular flexibility index (Phi) is 4.10. The lowest BCUT2D eigenvalue weighted by atomic mass is 10.3. The molecule has 9 heteroatoms. The first kappa shape index (κ1) is 16.2. The van der Waals surface area contributed by atoms with E-state index in [1.165, 1.54) is 23.0 Å². The van der Waals surface area contributed by atoms with Gasteiger partial charge >= 0.3 is 0 Å². The van der Waals surface area contributed by atoms with Crippen LogP contribution in [0.1, 0.15) is 13.8 Å². The van der Waals surface area contributed by atoms with Crippen molar-refractivity contribution in [2.24, 2.45) is 0 Å². The van der Waals surface area contributed by atoms with Crippen molar-refractivity contribution in [3.05, 3.63) is 48.7 Å². The number of benzene rings is 1. The third-order valence-corrected chi connectivity index (χ3v) is 4.47. The Bertz CT molecular complexity index is 985. The van der Waals surface area contributed by atoms with Crippen LogP contribution in [0.3, 0.4) is 0 Å². The van der Waals surface area contributed by atoms with Gasteiger partial charge in [0.15, 0.2) is 5.65 Å². The van der Waals surface area contributed by atoms with E-state index in [9.17, 15) is 12.8 Å². The first-order chi connectivity index (χ1) is 11.4. The highest BCUT2D eigenvalue weighted by Gasteiger charge is 2.23. The minimum Gasteiger partial charge on any atom is -0.490 e. The van der Waals surface area contributed by atoms with Gasteiger partial charge in [0.2, 0.25) is 0 Å². The first-order valence-corrected chi connectivity index (χ1v) is 8.62. The smallest absolute Gasteiger partial charge is 0.265 e. The summed E-state index contributed by atoms with van der Waals surface area (Å²) in [4.78, 5) is 3.79. The minimum atomic E-state index is -4.08. The second kappa shape index (κ2) is 6.08. The highest BCUT2D eigenvalue weighted by molar-refractivity contribution is 7.92. The van der Waals surface area contributed by atoms with Crippen molar-refractivity contribution in [2.75, 3.05) is 4.72 Å². The second-order valence-corrected chi connectivity index (χ2v) is 6.96. The molecule has 0 bridgehead atoms. The molecule has 3 aromatic rings. The molecule has 0 saturated heterocycles. The summed E-state index contributed by atoms with van der Waals surface area (Å²) in [6.07, 6.45) is 4.23. The van der Waals surface area contributed by atoms with Crippen LogP contribution in [0.15, 0.2) is 47.8 Å². The molecule has 2 aromatic heterocycles. The Morgan fingerprint density at radius 3 is 2.88 bits per heavy atom. The second-order valence-electron chi connectivity index (χ2n) is 5.31. The van der Waals surface area contributed by atoms with Crippen LogP contribution in [0, 0.1) is 5.82 Å². The molecule has 0 saturated carbocycles. The van der Waals surface area contributed by atoms with Crippen molar-refractivity contribution >= 4 is 21.4 Å². The molecule has 0 unspecified atom stereocenters. The molecule has 1 N–H and O–H groups in total. The van der Waals surface area contributed by atoms with E-state index < -0.39 is 15.8 Å². The van der Waals surface area contributed by atoms with Crippen molar-refractivity contribution in [2.45, 2.75) is 24.8 Å². The fourth-order valence-electron chi connectivity index (χ4n) is 2.14. The van der Waals surface area contributed by atoms with Gasteiger partial charge < -0.3 is 4.74 Å². The topological polar surface area (TPSA) is 85.6 Å². The molecule has 24 heavy (non-hydrogen) atoms. The van der Waals surface area contributed by atoms with Crippen LogP contribution < -0.4 is 9.46 Å². The Morgan fingerprint density at radius 1 is 1.33 bits per heavy atom. The van der Waals surface area contributed by atoms with E-state index >= 15 is 0 Å². The van der Waals surface area contributed by atoms with Gasteiger partial charge in [0.05, 0.1) is 12.3 Å². The average Bonchev–Trinajstić information content (AvgIpc) is 2.91. The van der Waals surface area contributed by atoms with Crippen LogP contribution >= 0.6 is 0 Å². The SMILES string of the molecule is CC(C)Oc1ccc(F)cc1S(=O)(=O)Nc1cnn2cccnc12. The van der Waals surface area contributed by atoms with E-state index in [0.717, 1.165) is 12.1 Å². The number of hydrogen-bond donors (Lipinski definition) is 1. The molecular formula is C15H15FN4O3S. The number of nitrogens with one attached hydrogen (secondary N) is 1. The van der Waals surface area contributed by atoms with Gasteiger partial charge in [-0.05, 0) is 38.1 Å². The third-order valence-electron chi connectivity index (χ3n) is 3.08. The number of rotatable bonds is 5. The monoisotopic (exact) mass is 350 g/mol. The number of hydrogen-bond acceptors (Lipinski definition) is 5. The van der Waals surface area contributed by atoms with Gasteiger partial charge in [-0.15, -0.1) is 0 Å². The summed E-state index contributed by atoms with van der Waals surface area (Å²) in [6, 6.07) is 5.02. The van der Waals surface area contributed by atoms with E-state index in [1.54, 1.807) is 26.1 Å². The third kappa shape index (κ3) is 3.16. The van der Waals surface area contributed by atoms with Gasteiger partial charge in [-0.1, -0.05) is 0 Å². The Hall–Kier alpha value is -2.68. The molecule has 1 aromatic carbocycles. The van der Waals surface area contributed by atoms with Crippen molar-refractivity contribution in [3.63, 3.8) is 0 Å². The highest BCUT2D eigenvalue weighted by Crippen LogP contribution is 2.28. The summed E-state index contributed by atoms with van der Waals surface area (Å²) < 4.78 is 48.2. The standard InChI is InChI=1S/C15H15FN4O3S/c1-10(2)23-13-5-4-11(16)8-14(13)24(21,22)19-12-9-18-20-7-3-6-17-15(12)20/h3-10,19H,1-2H3.